The number of likely N-dealkylation sites (tertiary alicyclic amines) is 1. The van der Waals surface area contributed by atoms with Crippen molar-refractivity contribution >= 4 is 12.1 Å². The van der Waals surface area contributed by atoms with Crippen molar-refractivity contribution in [2.24, 2.45) is 4.99 Å². The Balaban J connectivity index is 2.93. The van der Waals surface area contributed by atoms with E-state index in [1.165, 1.54) is 6.42 Å². The molecule has 0 saturated carbocycles. The van der Waals surface area contributed by atoms with Crippen molar-refractivity contribution in [1.29, 1.82) is 0 Å². The van der Waals surface area contributed by atoms with Crippen LogP contribution in [0.2, 0.25) is 0 Å². The van der Waals surface area contributed by atoms with Crippen LogP contribution >= 0.6 is 0 Å². The van der Waals surface area contributed by atoms with Crippen molar-refractivity contribution in [3.63, 3.8) is 0 Å². The summed E-state index contributed by atoms with van der Waals surface area (Å²) in [4.78, 5) is 19.0. The van der Waals surface area contributed by atoms with E-state index in [1.807, 2.05) is 50.1 Å². The molecule has 0 radical (unpaired) electrons. The third-order valence-electron chi connectivity index (χ3n) is 4.24. The first-order chi connectivity index (χ1) is 11.1. The highest BCUT2D eigenvalue weighted by molar-refractivity contribution is 6.13. The highest BCUT2D eigenvalue weighted by Crippen LogP contribution is 2.15. The minimum absolute atomic E-state index is 0.0926. The van der Waals surface area contributed by atoms with Gasteiger partial charge in [0, 0.05) is 32.4 Å². The Morgan fingerprint density at radius 3 is 2.65 bits per heavy atom. The number of carbonyl (C=O) groups is 1. The molecule has 1 aliphatic heterocycles. The molecule has 1 heterocycles. The van der Waals surface area contributed by atoms with E-state index in [0.717, 1.165) is 37.9 Å². The zero-order chi connectivity index (χ0) is 17.1. The zero-order valence-corrected chi connectivity index (χ0v) is 15.0. The second kappa shape index (κ2) is 10.9. The van der Waals surface area contributed by atoms with E-state index in [9.17, 15) is 4.79 Å². The van der Waals surface area contributed by atoms with Crippen LogP contribution in [0, 0.1) is 0 Å². The van der Waals surface area contributed by atoms with E-state index in [4.69, 9.17) is 0 Å². The predicted molar refractivity (Wildman–Crippen MR) is 99.0 cm³/mol. The Hall–Kier alpha value is -1.68. The van der Waals surface area contributed by atoms with Gasteiger partial charge < -0.3 is 10.2 Å². The Bertz CT molecular complexity index is 489. The van der Waals surface area contributed by atoms with Crippen LogP contribution in [-0.4, -0.2) is 50.2 Å². The molecule has 0 bridgehead atoms. The van der Waals surface area contributed by atoms with Gasteiger partial charge >= 0.3 is 0 Å². The minimum Gasteiger partial charge on any atom is -0.339 e. The number of hydrogen-bond donors (Lipinski definition) is 1. The van der Waals surface area contributed by atoms with Crippen LogP contribution in [0.15, 0.2) is 40.4 Å². The van der Waals surface area contributed by atoms with Crippen molar-refractivity contribution in [3.8, 4) is 0 Å². The number of carbonyl (C=O) groups excluding carboxylic acids is 1. The monoisotopic (exact) mass is 317 g/mol. The third kappa shape index (κ3) is 6.53. The number of rotatable bonds is 5. The lowest BCUT2D eigenvalue weighted by atomic mass is 10.0. The molecule has 0 spiro atoms. The van der Waals surface area contributed by atoms with Gasteiger partial charge in [0.2, 0.25) is 0 Å². The lowest BCUT2D eigenvalue weighted by Crippen LogP contribution is -2.39. The molecule has 0 aliphatic carbocycles. The number of nitrogens with one attached hydrogen (secondary N) is 1. The highest BCUT2D eigenvalue weighted by atomic mass is 16.2. The third-order valence-corrected chi connectivity index (χ3v) is 4.24. The normalized spacial score (nSPS) is 21.7. The summed E-state index contributed by atoms with van der Waals surface area (Å²) in [6, 6.07) is 0.508. The van der Waals surface area contributed by atoms with Crippen molar-refractivity contribution in [1.82, 2.24) is 10.2 Å². The molecule has 4 heteroatoms. The van der Waals surface area contributed by atoms with Gasteiger partial charge in [-0.3, -0.25) is 9.79 Å². The molecule has 4 nitrogen and oxygen atoms in total. The second-order valence-corrected chi connectivity index (χ2v) is 5.93. The minimum atomic E-state index is 0.0926. The number of allylic oxidation sites excluding steroid dienone is 5. The standard InChI is InChI=1S/C19H31N3O/c1-5-6-7-10-16(2)18(15-20-3)19(23)22-13-9-8-11-17(21-4)12-14-22/h5-7,10,15,17,21H,8-9,11-14H2,1-4H3/b6-5-,10-7-,18-16-,20-15?. The van der Waals surface area contributed by atoms with Crippen molar-refractivity contribution in [2.45, 2.75) is 45.6 Å². The van der Waals surface area contributed by atoms with Crippen LogP contribution in [0.4, 0.5) is 0 Å². The molecule has 1 N–H and O–H groups in total. The second-order valence-electron chi connectivity index (χ2n) is 5.93. The van der Waals surface area contributed by atoms with Crippen molar-refractivity contribution in [3.05, 3.63) is 35.5 Å². The number of aliphatic imine (C=N–C) groups is 1. The average molecular weight is 317 g/mol. The van der Waals surface area contributed by atoms with E-state index in [1.54, 1.807) is 13.3 Å². The van der Waals surface area contributed by atoms with Crippen LogP contribution in [0.25, 0.3) is 0 Å². The van der Waals surface area contributed by atoms with Crippen molar-refractivity contribution < 1.29 is 4.79 Å². The van der Waals surface area contributed by atoms with Gasteiger partial charge in [0.25, 0.3) is 5.91 Å². The molecular formula is C19H31N3O. The van der Waals surface area contributed by atoms with E-state index in [2.05, 4.69) is 10.3 Å². The van der Waals surface area contributed by atoms with Gasteiger partial charge in [-0.25, -0.2) is 0 Å². The summed E-state index contributed by atoms with van der Waals surface area (Å²) in [5.74, 6) is 0.0926. The summed E-state index contributed by atoms with van der Waals surface area (Å²) < 4.78 is 0. The van der Waals surface area contributed by atoms with Crippen LogP contribution in [0.3, 0.4) is 0 Å². The number of amides is 1. The van der Waals surface area contributed by atoms with Gasteiger partial charge in [-0.05, 0) is 45.7 Å². The summed E-state index contributed by atoms with van der Waals surface area (Å²) in [5.41, 5.74) is 1.64. The molecule has 1 aliphatic rings. The predicted octanol–water partition coefficient (Wildman–Crippen LogP) is 3.13. The SMILES string of the molecule is C\C=C/C=C\C(C)=C(\C=NC)C(=O)N1CCCCC(NC)CC1. The van der Waals surface area contributed by atoms with Crippen molar-refractivity contribution in [2.75, 3.05) is 27.2 Å². The maximum absolute atomic E-state index is 12.9. The summed E-state index contributed by atoms with van der Waals surface area (Å²) in [7, 11) is 3.71. The van der Waals surface area contributed by atoms with Gasteiger partial charge in [0.05, 0.1) is 5.57 Å². The van der Waals surface area contributed by atoms with Crippen LogP contribution in [-0.2, 0) is 4.79 Å². The maximum Gasteiger partial charge on any atom is 0.255 e. The highest BCUT2D eigenvalue weighted by Gasteiger charge is 2.21. The number of hydrogen-bond acceptors (Lipinski definition) is 3. The molecule has 1 rings (SSSR count). The molecule has 1 amide bonds. The topological polar surface area (TPSA) is 44.7 Å². The summed E-state index contributed by atoms with van der Waals surface area (Å²) in [5, 5.41) is 3.35. The molecule has 0 aromatic heterocycles. The first-order valence-corrected chi connectivity index (χ1v) is 8.53. The maximum atomic E-state index is 12.9. The van der Waals surface area contributed by atoms with Gasteiger partial charge in [0.15, 0.2) is 0 Å². The Labute approximate surface area is 141 Å². The van der Waals surface area contributed by atoms with E-state index < -0.39 is 0 Å². The fraction of sp³-hybridized carbons (Fsp3) is 0.579. The first-order valence-electron chi connectivity index (χ1n) is 8.53. The molecule has 1 atom stereocenters. The smallest absolute Gasteiger partial charge is 0.255 e. The van der Waals surface area contributed by atoms with Gasteiger partial charge in [0.1, 0.15) is 0 Å². The van der Waals surface area contributed by atoms with Crippen LogP contribution in [0.5, 0.6) is 0 Å². The zero-order valence-electron chi connectivity index (χ0n) is 15.0. The first kappa shape index (κ1) is 19.4. The average Bonchev–Trinajstić information content (AvgIpc) is 2.52. The molecule has 0 aromatic carbocycles. The van der Waals surface area contributed by atoms with Gasteiger partial charge in [-0.1, -0.05) is 30.7 Å². The Morgan fingerprint density at radius 1 is 1.22 bits per heavy atom. The molecule has 1 fully saturated rings. The van der Waals surface area contributed by atoms with Crippen LogP contribution in [0.1, 0.15) is 39.5 Å². The Morgan fingerprint density at radius 2 is 2.00 bits per heavy atom. The summed E-state index contributed by atoms with van der Waals surface area (Å²) in [6.45, 7) is 5.58. The summed E-state index contributed by atoms with van der Waals surface area (Å²) >= 11 is 0. The fourth-order valence-electron chi connectivity index (χ4n) is 2.78. The van der Waals surface area contributed by atoms with E-state index in [-0.39, 0.29) is 5.91 Å². The van der Waals surface area contributed by atoms with E-state index >= 15 is 0 Å². The quantitative estimate of drug-likeness (QED) is 0.481. The van der Waals surface area contributed by atoms with E-state index in [0.29, 0.717) is 11.6 Å². The lowest BCUT2D eigenvalue weighted by Gasteiger charge is -2.29. The molecular weight excluding hydrogens is 286 g/mol. The molecule has 0 aromatic rings. The molecule has 1 unspecified atom stereocenters. The molecule has 128 valence electrons. The van der Waals surface area contributed by atoms with Gasteiger partial charge in [-0.15, -0.1) is 0 Å². The number of nitrogens with zero attached hydrogens (tertiary/aromatic N) is 2. The lowest BCUT2D eigenvalue weighted by molar-refractivity contribution is -0.127. The molecule has 1 saturated heterocycles. The largest absolute Gasteiger partial charge is 0.339 e. The van der Waals surface area contributed by atoms with Crippen LogP contribution < -0.4 is 5.32 Å². The molecule has 23 heavy (non-hydrogen) atoms. The summed E-state index contributed by atoms with van der Waals surface area (Å²) in [6.07, 6.45) is 14.0. The fourth-order valence-corrected chi connectivity index (χ4v) is 2.78. The Kier molecular flexibility index (Phi) is 9.22. The van der Waals surface area contributed by atoms with Gasteiger partial charge in [-0.2, -0.15) is 0 Å².